The van der Waals surface area contributed by atoms with Gasteiger partial charge in [-0.15, -0.1) is 4.40 Å². The maximum Gasteiger partial charge on any atom is 0.322 e. The van der Waals surface area contributed by atoms with Gasteiger partial charge in [-0.1, -0.05) is 23.7 Å². The van der Waals surface area contributed by atoms with Gasteiger partial charge < -0.3 is 10.1 Å². The summed E-state index contributed by atoms with van der Waals surface area (Å²) in [5, 5.41) is 7.16. The summed E-state index contributed by atoms with van der Waals surface area (Å²) in [5.74, 6) is -4.51. The molecule has 176 valence electrons. The maximum atomic E-state index is 13.3. The monoisotopic (exact) mass is 523 g/mol. The lowest BCUT2D eigenvalue weighted by molar-refractivity contribution is -0.144. The minimum atomic E-state index is -4.58. The molecule has 34 heavy (non-hydrogen) atoms. The number of methoxy groups -OCH3 is 1. The zero-order valence-electron chi connectivity index (χ0n) is 17.1. The Morgan fingerprint density at radius 2 is 1.85 bits per heavy atom. The van der Waals surface area contributed by atoms with Gasteiger partial charge in [0.2, 0.25) is 15.8 Å². The smallest absolute Gasteiger partial charge is 0.322 e. The summed E-state index contributed by atoms with van der Waals surface area (Å²) in [5.41, 5.74) is 0.572. The van der Waals surface area contributed by atoms with Crippen molar-refractivity contribution in [2.75, 3.05) is 12.4 Å². The molecule has 0 fully saturated rings. The molecule has 0 unspecified atom stereocenters. The van der Waals surface area contributed by atoms with Gasteiger partial charge in [-0.05, 0) is 24.3 Å². The standard InChI is InChI=1S/C19H14ClN5O7S2/c1-32-19(27)16(13-8-22-10-4-2-3-5-11(10)23-13)17(26)18-24-12-6-9(20)14(33(21,28)29)7-15(12)34(30,31)25-18/h2-8,16H,1H3,(H,24,25)(H2,21,28,29)/t16-/m0/s1. The minimum absolute atomic E-state index is 0.0918. The Morgan fingerprint density at radius 3 is 2.50 bits per heavy atom. The molecule has 1 aliphatic rings. The van der Waals surface area contributed by atoms with E-state index in [-0.39, 0.29) is 16.4 Å². The van der Waals surface area contributed by atoms with Crippen molar-refractivity contribution < 1.29 is 31.2 Å². The average molecular weight is 524 g/mol. The van der Waals surface area contributed by atoms with Gasteiger partial charge in [0, 0.05) is 0 Å². The lowest BCUT2D eigenvalue weighted by Crippen LogP contribution is -2.36. The number of rotatable bonds is 5. The number of ketones is 1. The second-order valence-corrected chi connectivity index (χ2v) is 10.5. The molecule has 1 aromatic heterocycles. The van der Waals surface area contributed by atoms with E-state index >= 15 is 0 Å². The first-order chi connectivity index (χ1) is 15.9. The van der Waals surface area contributed by atoms with Crippen LogP contribution in [0.3, 0.4) is 0 Å². The quantitative estimate of drug-likeness (QED) is 0.360. The lowest BCUT2D eigenvalue weighted by atomic mass is 9.99. The number of benzene rings is 2. The number of hydrogen-bond acceptors (Lipinski definition) is 10. The number of esters is 1. The van der Waals surface area contributed by atoms with Crippen molar-refractivity contribution in [2.24, 2.45) is 9.54 Å². The van der Waals surface area contributed by atoms with Crippen LogP contribution in [-0.4, -0.2) is 51.5 Å². The van der Waals surface area contributed by atoms with Gasteiger partial charge >= 0.3 is 5.97 Å². The van der Waals surface area contributed by atoms with E-state index in [1.165, 1.54) is 6.20 Å². The van der Waals surface area contributed by atoms with E-state index in [2.05, 4.69) is 19.7 Å². The van der Waals surface area contributed by atoms with Crippen LogP contribution in [0.2, 0.25) is 5.02 Å². The molecule has 4 rings (SSSR count). The molecule has 3 N–H and O–H groups in total. The second-order valence-electron chi connectivity index (χ2n) is 6.97. The summed E-state index contributed by atoms with van der Waals surface area (Å²) >= 11 is 5.94. The summed E-state index contributed by atoms with van der Waals surface area (Å²) in [6.45, 7) is 0. The van der Waals surface area contributed by atoms with Gasteiger partial charge in [0.15, 0.2) is 11.8 Å². The molecule has 1 aliphatic heterocycles. The third-order valence-electron chi connectivity index (χ3n) is 4.78. The molecular formula is C19H14ClN5O7S2. The van der Waals surface area contributed by atoms with E-state index in [1.54, 1.807) is 24.3 Å². The van der Waals surface area contributed by atoms with Crippen molar-refractivity contribution in [3.05, 3.63) is 53.3 Å². The van der Waals surface area contributed by atoms with Crippen LogP contribution in [0, 0.1) is 0 Å². The number of Topliss-reactive ketones (excluding diaryl/α,β-unsaturated/α-hetero) is 1. The van der Waals surface area contributed by atoms with Crippen LogP contribution < -0.4 is 10.5 Å². The molecule has 0 radical (unpaired) electrons. The molecule has 0 aliphatic carbocycles. The number of hydrogen-bond donors (Lipinski definition) is 2. The van der Waals surface area contributed by atoms with Crippen molar-refractivity contribution in [1.29, 1.82) is 0 Å². The average Bonchev–Trinajstić information content (AvgIpc) is 2.77. The summed E-state index contributed by atoms with van der Waals surface area (Å²) in [6, 6.07) is 8.41. The van der Waals surface area contributed by atoms with Crippen molar-refractivity contribution in [3.63, 3.8) is 0 Å². The highest BCUT2D eigenvalue weighted by atomic mass is 35.5. The molecule has 12 nitrogen and oxygen atoms in total. The van der Waals surface area contributed by atoms with Crippen LogP contribution in [0.4, 0.5) is 5.69 Å². The van der Waals surface area contributed by atoms with Crippen LogP contribution in [0.1, 0.15) is 11.6 Å². The third kappa shape index (κ3) is 4.23. The maximum absolute atomic E-state index is 13.3. The van der Waals surface area contributed by atoms with Gasteiger partial charge in [0.05, 0.1) is 40.7 Å². The first kappa shape index (κ1) is 23.7. The molecule has 3 aromatic rings. The van der Waals surface area contributed by atoms with E-state index in [9.17, 15) is 26.4 Å². The van der Waals surface area contributed by atoms with Crippen LogP contribution in [0.5, 0.6) is 0 Å². The van der Waals surface area contributed by atoms with Crippen molar-refractivity contribution in [2.45, 2.75) is 15.7 Å². The number of carbonyl (C=O) groups is 2. The molecule has 0 amide bonds. The van der Waals surface area contributed by atoms with Crippen LogP contribution >= 0.6 is 11.6 Å². The fourth-order valence-electron chi connectivity index (χ4n) is 3.22. The zero-order chi connectivity index (χ0) is 24.8. The van der Waals surface area contributed by atoms with Gasteiger partial charge in [-0.3, -0.25) is 14.6 Å². The summed E-state index contributed by atoms with van der Waals surface area (Å²) in [4.78, 5) is 33.0. The Bertz CT molecular complexity index is 1620. The highest BCUT2D eigenvalue weighted by Crippen LogP contribution is 2.35. The number of carbonyl (C=O) groups excluding carboxylic acids is 2. The third-order valence-corrected chi connectivity index (χ3v) is 7.47. The molecule has 0 saturated heterocycles. The molecule has 0 saturated carbocycles. The number of halogens is 1. The molecular weight excluding hydrogens is 510 g/mol. The molecule has 2 aromatic carbocycles. The van der Waals surface area contributed by atoms with Gasteiger partial charge in [0.1, 0.15) is 9.79 Å². The van der Waals surface area contributed by atoms with E-state index in [1.807, 2.05) is 0 Å². The van der Waals surface area contributed by atoms with Gasteiger partial charge in [0.25, 0.3) is 10.0 Å². The molecule has 2 heterocycles. The Hall–Kier alpha value is -3.46. The SMILES string of the molecule is COC(=O)[C@H](C(=O)C1=NS(=O)(=O)c2cc(S(N)(=O)=O)c(Cl)cc2N1)c1cnc2ccccc2n1. The van der Waals surface area contributed by atoms with Crippen LogP contribution in [0.15, 0.2) is 56.8 Å². The molecule has 15 heteroatoms. The van der Waals surface area contributed by atoms with E-state index in [0.717, 1.165) is 19.2 Å². The number of para-hydroxylation sites is 2. The highest BCUT2D eigenvalue weighted by Gasteiger charge is 2.38. The first-order valence-electron chi connectivity index (χ1n) is 9.24. The van der Waals surface area contributed by atoms with E-state index in [0.29, 0.717) is 11.0 Å². The number of primary sulfonamides is 1. The topological polar surface area (TPSA) is 188 Å². The molecule has 1 atom stereocenters. The normalized spacial score (nSPS) is 15.6. The predicted octanol–water partition coefficient (Wildman–Crippen LogP) is 0.969. The van der Waals surface area contributed by atoms with Crippen molar-refractivity contribution in [3.8, 4) is 0 Å². The number of nitrogens with zero attached hydrogens (tertiary/aromatic N) is 3. The lowest BCUT2D eigenvalue weighted by Gasteiger charge is -2.21. The second kappa shape index (κ2) is 8.39. The highest BCUT2D eigenvalue weighted by molar-refractivity contribution is 7.91. The summed E-state index contributed by atoms with van der Waals surface area (Å²) in [6.07, 6.45) is 1.20. The number of sulfonamides is 2. The van der Waals surface area contributed by atoms with Crippen LogP contribution in [0.25, 0.3) is 11.0 Å². The number of nitrogens with one attached hydrogen (secondary N) is 1. The van der Waals surface area contributed by atoms with Gasteiger partial charge in [-0.25, -0.2) is 18.5 Å². The number of aromatic nitrogens is 2. The van der Waals surface area contributed by atoms with Crippen molar-refractivity contribution >= 4 is 66.0 Å². The number of anilines is 1. The van der Waals surface area contributed by atoms with Gasteiger partial charge in [-0.2, -0.15) is 8.42 Å². The van der Waals surface area contributed by atoms with Crippen molar-refractivity contribution in [1.82, 2.24) is 9.97 Å². The largest absolute Gasteiger partial charge is 0.468 e. The number of amidine groups is 1. The summed E-state index contributed by atoms with van der Waals surface area (Å²) in [7, 11) is -7.88. The molecule has 0 bridgehead atoms. The number of fused-ring (bicyclic) bond motifs is 2. The first-order valence-corrected chi connectivity index (χ1v) is 12.6. The van der Waals surface area contributed by atoms with Crippen LogP contribution in [-0.2, 0) is 34.4 Å². The fourth-order valence-corrected chi connectivity index (χ4v) is 5.52. The van der Waals surface area contributed by atoms with E-state index < -0.39 is 53.3 Å². The Morgan fingerprint density at radius 1 is 1.18 bits per heavy atom. The zero-order valence-corrected chi connectivity index (χ0v) is 19.5. The van der Waals surface area contributed by atoms with E-state index in [4.69, 9.17) is 21.5 Å². The Labute approximate surface area is 197 Å². The Balaban J connectivity index is 1.81. The fraction of sp³-hybridized carbons (Fsp3) is 0.105. The number of nitrogens with two attached hydrogens (primary N) is 1. The predicted molar refractivity (Wildman–Crippen MR) is 120 cm³/mol. The Kier molecular flexibility index (Phi) is 5.85. The molecule has 0 spiro atoms. The summed E-state index contributed by atoms with van der Waals surface area (Å²) < 4.78 is 57.0. The minimum Gasteiger partial charge on any atom is -0.468 e. The number of ether oxygens (including phenoxy) is 1.